The second-order valence-electron chi connectivity index (χ2n) is 4.12. The SMILES string of the molecule is CCOC(=O)c1ncn(C2CC(=O)N(C)C2=O)c1N. The average molecular weight is 266 g/mol. The normalized spacial score (nSPS) is 19.1. The number of likely N-dealkylation sites (N-methyl/N-ethyl adjacent to an activating group) is 1. The number of nitrogens with two attached hydrogens (primary N) is 1. The maximum atomic E-state index is 11.9. The Balaban J connectivity index is 2.30. The number of hydrogen-bond acceptors (Lipinski definition) is 6. The van der Waals surface area contributed by atoms with Crippen LogP contribution in [0.5, 0.6) is 0 Å². The monoisotopic (exact) mass is 266 g/mol. The molecule has 8 heteroatoms. The zero-order chi connectivity index (χ0) is 14.2. The van der Waals surface area contributed by atoms with Gasteiger partial charge in [0.25, 0.3) is 5.91 Å². The number of nitrogen functional groups attached to an aromatic ring is 1. The molecule has 2 rings (SSSR count). The van der Waals surface area contributed by atoms with Crippen LogP contribution in [0, 0.1) is 0 Å². The van der Waals surface area contributed by atoms with Gasteiger partial charge in [-0.3, -0.25) is 14.5 Å². The molecule has 1 aliphatic rings. The molecule has 2 heterocycles. The number of carbonyl (C=O) groups is 3. The molecule has 0 radical (unpaired) electrons. The van der Waals surface area contributed by atoms with Gasteiger partial charge in [-0.25, -0.2) is 9.78 Å². The molecule has 0 bridgehead atoms. The van der Waals surface area contributed by atoms with E-state index in [4.69, 9.17) is 10.5 Å². The number of ether oxygens (including phenoxy) is 1. The molecule has 1 atom stereocenters. The van der Waals surface area contributed by atoms with Gasteiger partial charge >= 0.3 is 5.97 Å². The van der Waals surface area contributed by atoms with Crippen LogP contribution >= 0.6 is 0 Å². The molecule has 1 fully saturated rings. The molecule has 8 nitrogen and oxygen atoms in total. The average Bonchev–Trinajstić information content (AvgIpc) is 2.86. The van der Waals surface area contributed by atoms with Gasteiger partial charge in [-0.05, 0) is 6.92 Å². The van der Waals surface area contributed by atoms with Crippen molar-refractivity contribution in [1.29, 1.82) is 0 Å². The minimum Gasteiger partial charge on any atom is -0.461 e. The van der Waals surface area contributed by atoms with Crippen LogP contribution in [-0.2, 0) is 14.3 Å². The molecule has 0 spiro atoms. The maximum Gasteiger partial charge on any atom is 0.360 e. The molecule has 1 aromatic rings. The Bertz CT molecular complexity index is 551. The van der Waals surface area contributed by atoms with Crippen molar-refractivity contribution in [3.8, 4) is 0 Å². The van der Waals surface area contributed by atoms with Crippen molar-refractivity contribution < 1.29 is 19.1 Å². The Hall–Kier alpha value is -2.38. The fraction of sp³-hybridized carbons (Fsp3) is 0.455. The Kier molecular flexibility index (Phi) is 3.24. The molecule has 19 heavy (non-hydrogen) atoms. The molecule has 1 unspecified atom stereocenters. The molecule has 1 saturated heterocycles. The van der Waals surface area contributed by atoms with Crippen molar-refractivity contribution in [3.63, 3.8) is 0 Å². The summed E-state index contributed by atoms with van der Waals surface area (Å²) in [6.07, 6.45) is 1.29. The van der Waals surface area contributed by atoms with E-state index in [0.29, 0.717) is 0 Å². The second-order valence-corrected chi connectivity index (χ2v) is 4.12. The van der Waals surface area contributed by atoms with E-state index in [-0.39, 0.29) is 36.4 Å². The summed E-state index contributed by atoms with van der Waals surface area (Å²) in [5.41, 5.74) is 5.74. The Morgan fingerprint density at radius 3 is 2.79 bits per heavy atom. The van der Waals surface area contributed by atoms with Crippen molar-refractivity contribution in [2.75, 3.05) is 19.4 Å². The summed E-state index contributed by atoms with van der Waals surface area (Å²) in [6.45, 7) is 1.87. The smallest absolute Gasteiger partial charge is 0.360 e. The highest BCUT2D eigenvalue weighted by Crippen LogP contribution is 2.27. The zero-order valence-electron chi connectivity index (χ0n) is 10.6. The van der Waals surface area contributed by atoms with Gasteiger partial charge < -0.3 is 15.0 Å². The standard InChI is InChI=1S/C11H14N4O4/c1-3-19-11(18)8-9(12)15(5-13-8)6-4-7(16)14(2)10(6)17/h5-6H,3-4,12H2,1-2H3. The molecule has 1 aliphatic heterocycles. The van der Waals surface area contributed by atoms with E-state index in [9.17, 15) is 14.4 Å². The van der Waals surface area contributed by atoms with Crippen LogP contribution in [-0.4, -0.2) is 45.9 Å². The number of imide groups is 1. The number of rotatable bonds is 3. The number of likely N-dealkylation sites (tertiary alicyclic amines) is 1. The molecule has 0 saturated carbocycles. The van der Waals surface area contributed by atoms with Gasteiger partial charge in [0.05, 0.1) is 19.4 Å². The number of hydrogen-bond donors (Lipinski definition) is 1. The fourth-order valence-electron chi connectivity index (χ4n) is 1.93. The van der Waals surface area contributed by atoms with Gasteiger partial charge in [-0.2, -0.15) is 0 Å². The minimum absolute atomic E-state index is 0.0121. The lowest BCUT2D eigenvalue weighted by Crippen LogP contribution is -2.27. The van der Waals surface area contributed by atoms with Crippen molar-refractivity contribution in [3.05, 3.63) is 12.0 Å². The van der Waals surface area contributed by atoms with Crippen molar-refractivity contribution in [2.45, 2.75) is 19.4 Å². The number of esters is 1. The Morgan fingerprint density at radius 1 is 1.58 bits per heavy atom. The van der Waals surface area contributed by atoms with Crippen LogP contribution in [0.15, 0.2) is 6.33 Å². The van der Waals surface area contributed by atoms with Crippen LogP contribution in [0.1, 0.15) is 29.9 Å². The van der Waals surface area contributed by atoms with Crippen LogP contribution in [0.3, 0.4) is 0 Å². The molecule has 102 valence electrons. The topological polar surface area (TPSA) is 108 Å². The molecule has 1 aromatic heterocycles. The van der Waals surface area contributed by atoms with E-state index in [1.165, 1.54) is 17.9 Å². The molecular formula is C11H14N4O4. The van der Waals surface area contributed by atoms with E-state index < -0.39 is 12.0 Å². The summed E-state index contributed by atoms with van der Waals surface area (Å²) in [7, 11) is 1.41. The fourth-order valence-corrected chi connectivity index (χ4v) is 1.93. The highest BCUT2D eigenvalue weighted by molar-refractivity contribution is 6.04. The molecule has 2 N–H and O–H groups in total. The van der Waals surface area contributed by atoms with Gasteiger partial charge in [0.2, 0.25) is 5.91 Å². The van der Waals surface area contributed by atoms with E-state index in [2.05, 4.69) is 4.98 Å². The Morgan fingerprint density at radius 2 is 2.26 bits per heavy atom. The van der Waals surface area contributed by atoms with Gasteiger partial charge in [0.1, 0.15) is 11.9 Å². The number of aromatic nitrogens is 2. The summed E-state index contributed by atoms with van der Waals surface area (Å²) in [4.78, 5) is 39.8. The molecule has 0 aliphatic carbocycles. The molecular weight excluding hydrogens is 252 g/mol. The maximum absolute atomic E-state index is 11.9. The van der Waals surface area contributed by atoms with Crippen LogP contribution < -0.4 is 5.73 Å². The second kappa shape index (κ2) is 4.71. The lowest BCUT2D eigenvalue weighted by Gasteiger charge is -2.11. The predicted octanol–water partition coefficient (Wildman–Crippen LogP) is -0.428. The summed E-state index contributed by atoms with van der Waals surface area (Å²) in [5.74, 6) is -1.28. The number of amides is 2. The van der Waals surface area contributed by atoms with Gasteiger partial charge in [-0.1, -0.05) is 0 Å². The van der Waals surface area contributed by atoms with E-state index in [0.717, 1.165) is 4.90 Å². The zero-order valence-corrected chi connectivity index (χ0v) is 10.6. The molecule has 0 aromatic carbocycles. The van der Waals surface area contributed by atoms with E-state index in [1.807, 2.05) is 0 Å². The first-order valence-corrected chi connectivity index (χ1v) is 5.77. The van der Waals surface area contributed by atoms with Crippen LogP contribution in [0.4, 0.5) is 5.82 Å². The van der Waals surface area contributed by atoms with Gasteiger partial charge in [-0.15, -0.1) is 0 Å². The van der Waals surface area contributed by atoms with Gasteiger partial charge in [0, 0.05) is 7.05 Å². The van der Waals surface area contributed by atoms with Crippen molar-refractivity contribution in [1.82, 2.24) is 14.5 Å². The number of carbonyl (C=O) groups excluding carboxylic acids is 3. The van der Waals surface area contributed by atoms with Crippen molar-refractivity contribution in [2.24, 2.45) is 0 Å². The lowest BCUT2D eigenvalue weighted by molar-refractivity contribution is -0.137. The number of anilines is 1. The third-order valence-electron chi connectivity index (χ3n) is 2.99. The number of nitrogens with zero attached hydrogens (tertiary/aromatic N) is 3. The first-order chi connectivity index (χ1) is 8.97. The summed E-state index contributed by atoms with van der Waals surface area (Å²) in [6, 6.07) is -0.742. The predicted molar refractivity (Wildman–Crippen MR) is 64.0 cm³/mol. The van der Waals surface area contributed by atoms with Crippen LogP contribution in [0.2, 0.25) is 0 Å². The van der Waals surface area contributed by atoms with Crippen LogP contribution in [0.25, 0.3) is 0 Å². The highest BCUT2D eigenvalue weighted by Gasteiger charge is 2.38. The summed E-state index contributed by atoms with van der Waals surface area (Å²) in [5, 5.41) is 0. The largest absolute Gasteiger partial charge is 0.461 e. The highest BCUT2D eigenvalue weighted by atomic mass is 16.5. The molecule has 2 amide bonds. The first-order valence-electron chi connectivity index (χ1n) is 5.77. The minimum atomic E-state index is -0.742. The van der Waals surface area contributed by atoms with Crippen molar-refractivity contribution >= 4 is 23.6 Å². The van der Waals surface area contributed by atoms with Gasteiger partial charge in [0.15, 0.2) is 5.69 Å². The van der Waals surface area contributed by atoms with E-state index in [1.54, 1.807) is 6.92 Å². The lowest BCUT2D eigenvalue weighted by atomic mass is 10.2. The first kappa shape index (κ1) is 13.1. The number of imidazole rings is 1. The summed E-state index contributed by atoms with van der Waals surface area (Å²) >= 11 is 0. The Labute approximate surface area is 109 Å². The van der Waals surface area contributed by atoms with E-state index >= 15 is 0 Å². The third-order valence-corrected chi connectivity index (χ3v) is 2.99. The third kappa shape index (κ3) is 2.05. The summed E-state index contributed by atoms with van der Waals surface area (Å²) < 4.78 is 6.13. The quantitative estimate of drug-likeness (QED) is 0.587.